The number of hydrogen-bond donors (Lipinski definition) is 2. The predicted octanol–water partition coefficient (Wildman–Crippen LogP) is 4.35. The molecule has 1 amide bonds. The van der Waals surface area contributed by atoms with Crippen molar-refractivity contribution in [3.05, 3.63) is 29.6 Å². The standard InChI is InChI=1S/C17H27FN2O/c1-3-5-6-7-8-9-13-20-17(21)14-11-10-12-15(18)16(14)19-4-2/h10-12,19H,3-9,13H2,1-2H3,(H,20,21). The molecular weight excluding hydrogens is 267 g/mol. The number of amides is 1. The molecule has 0 spiro atoms. The Morgan fingerprint density at radius 3 is 2.52 bits per heavy atom. The minimum Gasteiger partial charge on any atom is -0.382 e. The van der Waals surface area contributed by atoms with E-state index in [0.29, 0.717) is 24.3 Å². The Kier molecular flexibility index (Phi) is 8.48. The van der Waals surface area contributed by atoms with Crippen LogP contribution in [0.1, 0.15) is 62.7 Å². The number of halogens is 1. The van der Waals surface area contributed by atoms with Crippen molar-refractivity contribution in [3.8, 4) is 0 Å². The van der Waals surface area contributed by atoms with Crippen molar-refractivity contribution < 1.29 is 9.18 Å². The number of carbonyl (C=O) groups excluding carboxylic acids is 1. The highest BCUT2D eigenvalue weighted by Crippen LogP contribution is 2.19. The van der Waals surface area contributed by atoms with Gasteiger partial charge in [0.05, 0.1) is 11.3 Å². The largest absolute Gasteiger partial charge is 0.382 e. The van der Waals surface area contributed by atoms with Gasteiger partial charge in [0.2, 0.25) is 0 Å². The van der Waals surface area contributed by atoms with Crippen LogP contribution >= 0.6 is 0 Å². The van der Waals surface area contributed by atoms with Crippen molar-refractivity contribution in [3.63, 3.8) is 0 Å². The molecule has 0 saturated carbocycles. The molecule has 0 bridgehead atoms. The Morgan fingerprint density at radius 2 is 1.81 bits per heavy atom. The minimum atomic E-state index is -0.385. The number of anilines is 1. The summed E-state index contributed by atoms with van der Waals surface area (Å²) in [5.74, 6) is -0.594. The van der Waals surface area contributed by atoms with Crippen LogP contribution in [0.15, 0.2) is 18.2 Å². The van der Waals surface area contributed by atoms with E-state index in [1.807, 2.05) is 6.92 Å². The molecule has 1 rings (SSSR count). The van der Waals surface area contributed by atoms with E-state index < -0.39 is 0 Å². The Labute approximate surface area is 127 Å². The SMILES string of the molecule is CCCCCCCCNC(=O)c1cccc(F)c1NCC. The summed E-state index contributed by atoms with van der Waals surface area (Å²) < 4.78 is 13.7. The molecule has 0 heterocycles. The van der Waals surface area contributed by atoms with Gasteiger partial charge in [-0.25, -0.2) is 4.39 Å². The lowest BCUT2D eigenvalue weighted by Gasteiger charge is -2.12. The van der Waals surface area contributed by atoms with Gasteiger partial charge in [-0.05, 0) is 25.5 Å². The Morgan fingerprint density at radius 1 is 1.10 bits per heavy atom. The smallest absolute Gasteiger partial charge is 0.253 e. The van der Waals surface area contributed by atoms with E-state index in [9.17, 15) is 9.18 Å². The van der Waals surface area contributed by atoms with Crippen LogP contribution in [-0.2, 0) is 0 Å². The third-order valence-corrected chi connectivity index (χ3v) is 3.43. The molecule has 21 heavy (non-hydrogen) atoms. The zero-order chi connectivity index (χ0) is 15.5. The number of nitrogens with one attached hydrogen (secondary N) is 2. The van der Waals surface area contributed by atoms with Crippen LogP contribution in [0.5, 0.6) is 0 Å². The van der Waals surface area contributed by atoms with Gasteiger partial charge in [0, 0.05) is 13.1 Å². The van der Waals surface area contributed by atoms with Gasteiger partial charge in [-0.2, -0.15) is 0 Å². The fraction of sp³-hybridized carbons (Fsp3) is 0.588. The van der Waals surface area contributed by atoms with Crippen molar-refractivity contribution in [2.24, 2.45) is 0 Å². The highest BCUT2D eigenvalue weighted by molar-refractivity contribution is 5.99. The minimum absolute atomic E-state index is 0.209. The third-order valence-electron chi connectivity index (χ3n) is 3.43. The second kappa shape index (κ2) is 10.2. The first-order chi connectivity index (χ1) is 10.2. The molecule has 0 radical (unpaired) electrons. The molecule has 4 heteroatoms. The summed E-state index contributed by atoms with van der Waals surface area (Å²) >= 11 is 0. The lowest BCUT2D eigenvalue weighted by atomic mass is 10.1. The molecule has 0 saturated heterocycles. The van der Waals surface area contributed by atoms with Gasteiger partial charge in [0.1, 0.15) is 5.82 Å². The summed E-state index contributed by atoms with van der Waals surface area (Å²) in [6.07, 6.45) is 7.10. The van der Waals surface area contributed by atoms with Gasteiger partial charge in [-0.3, -0.25) is 4.79 Å². The fourth-order valence-electron chi connectivity index (χ4n) is 2.27. The van der Waals surface area contributed by atoms with Crippen LogP contribution in [0, 0.1) is 5.82 Å². The lowest BCUT2D eigenvalue weighted by molar-refractivity contribution is 0.0953. The Hall–Kier alpha value is -1.58. The Balaban J connectivity index is 2.40. The fourth-order valence-corrected chi connectivity index (χ4v) is 2.27. The zero-order valence-corrected chi connectivity index (χ0v) is 13.2. The van der Waals surface area contributed by atoms with Crippen molar-refractivity contribution in [2.45, 2.75) is 52.4 Å². The molecule has 0 fully saturated rings. The van der Waals surface area contributed by atoms with E-state index in [4.69, 9.17) is 0 Å². The maximum absolute atomic E-state index is 13.7. The quantitative estimate of drug-likeness (QED) is 0.630. The zero-order valence-electron chi connectivity index (χ0n) is 13.2. The molecule has 2 N–H and O–H groups in total. The second-order valence-corrected chi connectivity index (χ2v) is 5.22. The number of benzene rings is 1. The van der Waals surface area contributed by atoms with Crippen LogP contribution < -0.4 is 10.6 Å². The van der Waals surface area contributed by atoms with E-state index >= 15 is 0 Å². The number of carbonyl (C=O) groups is 1. The van der Waals surface area contributed by atoms with Crippen LogP contribution in [0.2, 0.25) is 0 Å². The highest BCUT2D eigenvalue weighted by Gasteiger charge is 2.13. The van der Waals surface area contributed by atoms with E-state index in [2.05, 4.69) is 17.6 Å². The molecule has 3 nitrogen and oxygen atoms in total. The van der Waals surface area contributed by atoms with Crippen LogP contribution in [0.4, 0.5) is 10.1 Å². The summed E-state index contributed by atoms with van der Waals surface area (Å²) in [6, 6.07) is 4.58. The van der Waals surface area contributed by atoms with Gasteiger partial charge >= 0.3 is 0 Å². The predicted molar refractivity (Wildman–Crippen MR) is 86.3 cm³/mol. The first-order valence-corrected chi connectivity index (χ1v) is 8.01. The lowest BCUT2D eigenvalue weighted by Crippen LogP contribution is -2.25. The maximum Gasteiger partial charge on any atom is 0.253 e. The molecule has 0 aromatic heterocycles. The van der Waals surface area contributed by atoms with Gasteiger partial charge in [0.25, 0.3) is 5.91 Å². The summed E-state index contributed by atoms with van der Waals surface area (Å²) in [4.78, 5) is 12.1. The summed E-state index contributed by atoms with van der Waals surface area (Å²) in [5.41, 5.74) is 0.670. The summed E-state index contributed by atoms with van der Waals surface area (Å²) in [5, 5.41) is 5.78. The van der Waals surface area contributed by atoms with Gasteiger partial charge < -0.3 is 10.6 Å². The van der Waals surface area contributed by atoms with Crippen molar-refractivity contribution in [1.82, 2.24) is 5.32 Å². The highest BCUT2D eigenvalue weighted by atomic mass is 19.1. The molecule has 1 aromatic rings. The molecule has 0 unspecified atom stereocenters. The monoisotopic (exact) mass is 294 g/mol. The average Bonchev–Trinajstić information content (AvgIpc) is 2.48. The van der Waals surface area contributed by atoms with Crippen LogP contribution in [0.25, 0.3) is 0 Å². The molecule has 0 aliphatic heterocycles. The summed E-state index contributed by atoms with van der Waals surface area (Å²) in [6.45, 7) is 5.30. The van der Waals surface area contributed by atoms with E-state index in [0.717, 1.165) is 12.8 Å². The summed E-state index contributed by atoms with van der Waals surface area (Å²) in [7, 11) is 0. The topological polar surface area (TPSA) is 41.1 Å². The number of unbranched alkanes of at least 4 members (excludes halogenated alkanes) is 5. The first-order valence-electron chi connectivity index (χ1n) is 8.01. The molecule has 0 atom stereocenters. The average molecular weight is 294 g/mol. The van der Waals surface area contributed by atoms with Gasteiger partial charge in [0.15, 0.2) is 0 Å². The van der Waals surface area contributed by atoms with Crippen LogP contribution in [-0.4, -0.2) is 19.0 Å². The molecule has 0 aliphatic rings. The van der Waals surface area contributed by atoms with E-state index in [1.165, 1.54) is 31.7 Å². The van der Waals surface area contributed by atoms with E-state index in [-0.39, 0.29) is 11.7 Å². The van der Waals surface area contributed by atoms with Gasteiger partial charge in [-0.1, -0.05) is 45.1 Å². The Bertz CT molecular complexity index is 435. The second-order valence-electron chi connectivity index (χ2n) is 5.22. The third kappa shape index (κ3) is 6.15. The molecule has 118 valence electrons. The number of para-hydroxylation sites is 1. The number of hydrogen-bond acceptors (Lipinski definition) is 2. The van der Waals surface area contributed by atoms with Gasteiger partial charge in [-0.15, -0.1) is 0 Å². The van der Waals surface area contributed by atoms with E-state index in [1.54, 1.807) is 12.1 Å². The molecular formula is C17H27FN2O. The molecule has 0 aliphatic carbocycles. The van der Waals surface area contributed by atoms with Crippen LogP contribution in [0.3, 0.4) is 0 Å². The van der Waals surface area contributed by atoms with Crippen molar-refractivity contribution in [1.29, 1.82) is 0 Å². The number of rotatable bonds is 10. The molecule has 1 aromatic carbocycles. The van der Waals surface area contributed by atoms with Crippen molar-refractivity contribution in [2.75, 3.05) is 18.4 Å². The van der Waals surface area contributed by atoms with Crippen molar-refractivity contribution >= 4 is 11.6 Å². The normalized spacial score (nSPS) is 10.4. The maximum atomic E-state index is 13.7. The first kappa shape index (κ1) is 17.5.